The number of benzene rings is 1. The number of nitrogens with zero attached hydrogens (tertiary/aromatic N) is 1. The Morgan fingerprint density at radius 2 is 1.85 bits per heavy atom. The summed E-state index contributed by atoms with van der Waals surface area (Å²) in [6.45, 7) is 5.63. The molecular formula is C17H24BrN3O4S. The first-order valence-corrected chi connectivity index (χ1v) is 10.6. The van der Waals surface area contributed by atoms with E-state index in [9.17, 15) is 18.0 Å². The number of nitrogens with one attached hydrogen (secondary N) is 2. The van der Waals surface area contributed by atoms with Crippen LogP contribution in [0.2, 0.25) is 0 Å². The molecule has 2 amide bonds. The van der Waals surface area contributed by atoms with Crippen LogP contribution in [0.1, 0.15) is 33.6 Å². The molecule has 1 aliphatic rings. The maximum atomic E-state index is 12.8. The van der Waals surface area contributed by atoms with Gasteiger partial charge in [0.25, 0.3) is 0 Å². The van der Waals surface area contributed by atoms with Gasteiger partial charge in [0.2, 0.25) is 21.8 Å². The molecule has 1 unspecified atom stereocenters. The minimum Gasteiger partial charge on any atom is -0.350 e. The van der Waals surface area contributed by atoms with Crippen LogP contribution < -0.4 is 10.6 Å². The van der Waals surface area contributed by atoms with Crippen LogP contribution >= 0.6 is 15.9 Å². The fraction of sp³-hybridized carbons (Fsp3) is 0.529. The fourth-order valence-corrected chi connectivity index (χ4v) is 4.70. The molecule has 2 rings (SSSR count). The van der Waals surface area contributed by atoms with Crippen molar-refractivity contribution in [2.75, 3.05) is 13.1 Å². The number of halogens is 1. The summed E-state index contributed by atoms with van der Waals surface area (Å²) in [5.74, 6) is -0.765. The second kappa shape index (κ2) is 8.06. The van der Waals surface area contributed by atoms with Gasteiger partial charge in [-0.1, -0.05) is 15.9 Å². The lowest BCUT2D eigenvalue weighted by Gasteiger charge is -2.24. The smallest absolute Gasteiger partial charge is 0.243 e. The van der Waals surface area contributed by atoms with E-state index >= 15 is 0 Å². The molecule has 26 heavy (non-hydrogen) atoms. The van der Waals surface area contributed by atoms with E-state index in [0.29, 0.717) is 12.8 Å². The van der Waals surface area contributed by atoms with Crippen molar-refractivity contribution < 1.29 is 18.0 Å². The van der Waals surface area contributed by atoms with Gasteiger partial charge in [-0.25, -0.2) is 8.42 Å². The number of hydrogen-bond donors (Lipinski definition) is 2. The number of sulfonamides is 1. The van der Waals surface area contributed by atoms with Crippen LogP contribution in [-0.4, -0.2) is 49.2 Å². The first-order valence-electron chi connectivity index (χ1n) is 8.37. The van der Waals surface area contributed by atoms with Crippen LogP contribution in [-0.2, 0) is 19.6 Å². The zero-order valence-electron chi connectivity index (χ0n) is 15.1. The molecule has 0 spiro atoms. The van der Waals surface area contributed by atoms with Gasteiger partial charge in [0.15, 0.2) is 0 Å². The summed E-state index contributed by atoms with van der Waals surface area (Å²) < 4.78 is 27.7. The quantitative estimate of drug-likeness (QED) is 0.719. The van der Waals surface area contributed by atoms with Crippen molar-refractivity contribution in [3.05, 3.63) is 28.7 Å². The second-order valence-electron chi connectivity index (χ2n) is 7.24. The number of amides is 2. The fourth-order valence-electron chi connectivity index (χ4n) is 2.78. The Morgan fingerprint density at radius 3 is 2.42 bits per heavy atom. The molecule has 1 atom stereocenters. The molecule has 1 aromatic rings. The van der Waals surface area contributed by atoms with Crippen LogP contribution in [0.3, 0.4) is 0 Å². The van der Waals surface area contributed by atoms with Crippen molar-refractivity contribution in [2.24, 2.45) is 0 Å². The molecule has 144 valence electrons. The average Bonchev–Trinajstić information content (AvgIpc) is 3.02. The van der Waals surface area contributed by atoms with Gasteiger partial charge in [0.05, 0.1) is 11.4 Å². The molecule has 0 aromatic heterocycles. The Hall–Kier alpha value is -1.45. The van der Waals surface area contributed by atoms with Crippen molar-refractivity contribution in [3.63, 3.8) is 0 Å². The molecule has 9 heteroatoms. The molecule has 0 saturated carbocycles. The summed E-state index contributed by atoms with van der Waals surface area (Å²) in [5, 5.41) is 5.29. The molecule has 7 nitrogen and oxygen atoms in total. The first-order chi connectivity index (χ1) is 12.0. The van der Waals surface area contributed by atoms with E-state index in [1.54, 1.807) is 12.1 Å². The highest BCUT2D eigenvalue weighted by Gasteiger charge is 2.39. The first kappa shape index (κ1) is 20.9. The molecule has 1 aromatic carbocycles. The van der Waals surface area contributed by atoms with E-state index in [-0.39, 0.29) is 23.9 Å². The van der Waals surface area contributed by atoms with Crippen molar-refractivity contribution in [1.29, 1.82) is 0 Å². The lowest BCUT2D eigenvalue weighted by molar-refractivity contribution is -0.128. The number of carbonyl (C=O) groups is 2. The van der Waals surface area contributed by atoms with Crippen molar-refractivity contribution in [1.82, 2.24) is 14.9 Å². The molecule has 2 N–H and O–H groups in total. The lowest BCUT2D eigenvalue weighted by atomic mass is 10.1. The van der Waals surface area contributed by atoms with E-state index < -0.39 is 27.5 Å². The van der Waals surface area contributed by atoms with Crippen LogP contribution in [0, 0.1) is 0 Å². The van der Waals surface area contributed by atoms with Crippen LogP contribution in [0.4, 0.5) is 0 Å². The Kier molecular flexibility index (Phi) is 6.46. The maximum absolute atomic E-state index is 12.8. The average molecular weight is 446 g/mol. The highest BCUT2D eigenvalue weighted by molar-refractivity contribution is 9.10. The highest BCUT2D eigenvalue weighted by Crippen LogP contribution is 2.27. The molecular weight excluding hydrogens is 422 g/mol. The van der Waals surface area contributed by atoms with E-state index in [2.05, 4.69) is 26.6 Å². The summed E-state index contributed by atoms with van der Waals surface area (Å²) in [5.41, 5.74) is -0.397. The van der Waals surface area contributed by atoms with Gasteiger partial charge in [-0.15, -0.1) is 0 Å². The van der Waals surface area contributed by atoms with Crippen LogP contribution in [0.25, 0.3) is 0 Å². The maximum Gasteiger partial charge on any atom is 0.243 e. The summed E-state index contributed by atoms with van der Waals surface area (Å²) in [6, 6.07) is 5.50. The molecule has 0 radical (unpaired) electrons. The molecule has 1 heterocycles. The summed E-state index contributed by atoms with van der Waals surface area (Å²) in [4.78, 5) is 24.4. The predicted octanol–water partition coefficient (Wildman–Crippen LogP) is 1.63. The van der Waals surface area contributed by atoms with Crippen LogP contribution in [0.5, 0.6) is 0 Å². The zero-order valence-corrected chi connectivity index (χ0v) is 17.5. The van der Waals surface area contributed by atoms with E-state index in [4.69, 9.17) is 0 Å². The van der Waals surface area contributed by atoms with Crippen molar-refractivity contribution in [3.8, 4) is 0 Å². The van der Waals surface area contributed by atoms with Gasteiger partial charge in [0, 0.05) is 16.6 Å². The van der Waals surface area contributed by atoms with Gasteiger partial charge in [-0.05, 0) is 57.9 Å². The number of carbonyl (C=O) groups excluding carboxylic acids is 2. The summed E-state index contributed by atoms with van der Waals surface area (Å²) in [7, 11) is -3.77. The largest absolute Gasteiger partial charge is 0.350 e. The predicted molar refractivity (Wildman–Crippen MR) is 102 cm³/mol. The molecule has 1 saturated heterocycles. The van der Waals surface area contributed by atoms with Crippen molar-refractivity contribution >= 4 is 37.8 Å². The van der Waals surface area contributed by atoms with Gasteiger partial charge in [-0.2, -0.15) is 4.31 Å². The second-order valence-corrected chi connectivity index (χ2v) is 10.0. The number of hydrogen-bond acceptors (Lipinski definition) is 4. The minimum atomic E-state index is -3.77. The van der Waals surface area contributed by atoms with Gasteiger partial charge < -0.3 is 10.6 Å². The SMILES string of the molecule is CC(C)(C)NC(=O)CNC(=O)C1CCCN1S(=O)(=O)c1ccc(Br)cc1. The van der Waals surface area contributed by atoms with E-state index in [1.807, 2.05) is 20.8 Å². The van der Waals surface area contributed by atoms with Crippen molar-refractivity contribution in [2.45, 2.75) is 50.1 Å². The third-order valence-electron chi connectivity index (χ3n) is 3.86. The summed E-state index contributed by atoms with van der Waals surface area (Å²) >= 11 is 3.28. The normalized spacial score (nSPS) is 18.5. The monoisotopic (exact) mass is 445 g/mol. The van der Waals surface area contributed by atoms with Gasteiger partial charge >= 0.3 is 0 Å². The third-order valence-corrected chi connectivity index (χ3v) is 6.32. The molecule has 0 bridgehead atoms. The molecule has 0 aliphatic carbocycles. The topological polar surface area (TPSA) is 95.6 Å². The highest BCUT2D eigenvalue weighted by atomic mass is 79.9. The minimum absolute atomic E-state index is 0.144. The van der Waals surface area contributed by atoms with Gasteiger partial charge in [-0.3, -0.25) is 9.59 Å². The lowest BCUT2D eigenvalue weighted by Crippen LogP contribution is -2.50. The molecule has 1 fully saturated rings. The summed E-state index contributed by atoms with van der Waals surface area (Å²) in [6.07, 6.45) is 1.03. The standard InChI is InChI=1S/C17H24BrN3O4S/c1-17(2,3)20-15(22)11-19-16(23)14-5-4-10-21(14)26(24,25)13-8-6-12(18)7-9-13/h6-9,14H,4-5,10-11H2,1-3H3,(H,19,23)(H,20,22). The Balaban J connectivity index is 2.06. The zero-order chi connectivity index (χ0) is 19.5. The van der Waals surface area contributed by atoms with E-state index in [0.717, 1.165) is 4.47 Å². The van der Waals surface area contributed by atoms with E-state index in [1.165, 1.54) is 16.4 Å². The number of rotatable bonds is 5. The Bertz CT molecular complexity index is 772. The van der Waals surface area contributed by atoms with Gasteiger partial charge in [0.1, 0.15) is 6.04 Å². The third kappa shape index (κ3) is 5.28. The van der Waals surface area contributed by atoms with Crippen LogP contribution in [0.15, 0.2) is 33.6 Å². The molecule has 1 aliphatic heterocycles. The Labute approximate surface area is 162 Å². The Morgan fingerprint density at radius 1 is 1.23 bits per heavy atom.